The molecule has 1 aromatic carbocycles. The topological polar surface area (TPSA) is 74.5 Å². The number of carbonyl (C=O) groups is 1. The normalized spacial score (nSPS) is 10.8. The highest BCUT2D eigenvalue weighted by molar-refractivity contribution is 5.95. The number of rotatable bonds is 4. The molecule has 84 valence electrons. The Bertz CT molecular complexity index is 519. The summed E-state index contributed by atoms with van der Waals surface area (Å²) in [6.07, 6.45) is 0. The third-order valence-corrected chi connectivity index (χ3v) is 2.33. The molecule has 0 aliphatic carbocycles. The summed E-state index contributed by atoms with van der Waals surface area (Å²) in [4.78, 5) is 11.0. The molecule has 2 rings (SSSR count). The van der Waals surface area contributed by atoms with Crippen molar-refractivity contribution in [1.82, 2.24) is 10.9 Å². The summed E-state index contributed by atoms with van der Waals surface area (Å²) in [5, 5.41) is 9.85. The molecule has 2 aromatic rings. The summed E-state index contributed by atoms with van der Waals surface area (Å²) in [6.45, 7) is 0.398. The molecular weight excluding hydrogens is 208 g/mol. The minimum Gasteiger partial charge on any atom is -0.475 e. The molecule has 3 N–H and O–H groups in total. The van der Waals surface area contributed by atoms with Gasteiger partial charge in [-0.3, -0.25) is 10.9 Å². The van der Waals surface area contributed by atoms with Gasteiger partial charge >= 0.3 is 5.97 Å². The maximum absolute atomic E-state index is 11.0. The van der Waals surface area contributed by atoms with Crippen molar-refractivity contribution >= 4 is 16.9 Å². The molecule has 0 spiro atoms. The molecule has 1 aromatic heterocycles. The molecule has 0 saturated heterocycles. The van der Waals surface area contributed by atoms with Crippen LogP contribution in [0.2, 0.25) is 0 Å². The van der Waals surface area contributed by atoms with Crippen LogP contribution in [0.5, 0.6) is 0 Å². The minimum absolute atomic E-state index is 0.0102. The van der Waals surface area contributed by atoms with E-state index < -0.39 is 5.97 Å². The molecule has 0 saturated carbocycles. The highest BCUT2D eigenvalue weighted by Gasteiger charge is 2.18. The highest BCUT2D eigenvalue weighted by Crippen LogP contribution is 2.25. The number of hydrazine groups is 1. The third kappa shape index (κ3) is 1.78. The lowest BCUT2D eigenvalue weighted by atomic mass is 10.1. The van der Waals surface area contributed by atoms with Gasteiger partial charge in [-0.15, -0.1) is 0 Å². The number of carboxylic acid groups (broad SMARTS) is 1. The standard InChI is InChI=1S/C11H12N2O3/c1-12-13-6-8-7-4-2-3-5-9(7)16-10(8)11(14)15/h2-5,12-13H,6H2,1H3,(H,14,15). The van der Waals surface area contributed by atoms with Crippen LogP contribution in [0.25, 0.3) is 11.0 Å². The molecule has 5 nitrogen and oxygen atoms in total. The van der Waals surface area contributed by atoms with Crippen molar-refractivity contribution in [3.63, 3.8) is 0 Å². The number of hydrogen-bond donors (Lipinski definition) is 3. The van der Waals surface area contributed by atoms with E-state index in [-0.39, 0.29) is 5.76 Å². The van der Waals surface area contributed by atoms with E-state index in [1.54, 1.807) is 13.1 Å². The molecule has 0 fully saturated rings. The number of furan rings is 1. The van der Waals surface area contributed by atoms with E-state index in [9.17, 15) is 4.79 Å². The zero-order valence-corrected chi connectivity index (χ0v) is 8.78. The van der Waals surface area contributed by atoms with Crippen LogP contribution in [0, 0.1) is 0 Å². The fourth-order valence-corrected chi connectivity index (χ4v) is 1.62. The third-order valence-electron chi connectivity index (χ3n) is 2.33. The molecule has 0 amide bonds. The number of nitrogens with one attached hydrogen (secondary N) is 2. The van der Waals surface area contributed by atoms with Crippen molar-refractivity contribution in [3.8, 4) is 0 Å². The van der Waals surface area contributed by atoms with Crippen molar-refractivity contribution in [2.75, 3.05) is 7.05 Å². The highest BCUT2D eigenvalue weighted by atomic mass is 16.4. The van der Waals surface area contributed by atoms with Gasteiger partial charge in [0.25, 0.3) is 0 Å². The first kappa shape index (κ1) is 10.7. The van der Waals surface area contributed by atoms with Gasteiger partial charge in [0.05, 0.1) is 0 Å². The van der Waals surface area contributed by atoms with Gasteiger partial charge in [0.2, 0.25) is 5.76 Å². The van der Waals surface area contributed by atoms with Gasteiger partial charge in [-0.1, -0.05) is 18.2 Å². The molecule has 16 heavy (non-hydrogen) atoms. The summed E-state index contributed by atoms with van der Waals surface area (Å²) in [5.41, 5.74) is 6.86. The summed E-state index contributed by atoms with van der Waals surface area (Å²) >= 11 is 0. The lowest BCUT2D eigenvalue weighted by Crippen LogP contribution is -2.27. The van der Waals surface area contributed by atoms with Gasteiger partial charge in [0, 0.05) is 17.5 Å². The maximum Gasteiger partial charge on any atom is 0.372 e. The first-order chi connectivity index (χ1) is 7.74. The summed E-state index contributed by atoms with van der Waals surface area (Å²) in [5.74, 6) is -1.06. The fraction of sp³-hybridized carbons (Fsp3) is 0.182. The second-order valence-electron chi connectivity index (χ2n) is 3.31. The number of para-hydroxylation sites is 1. The Kier molecular flexibility index (Phi) is 2.89. The largest absolute Gasteiger partial charge is 0.475 e. The van der Waals surface area contributed by atoms with Gasteiger partial charge in [-0.05, 0) is 13.1 Å². The van der Waals surface area contributed by atoms with Crippen LogP contribution < -0.4 is 10.9 Å². The smallest absolute Gasteiger partial charge is 0.372 e. The Morgan fingerprint density at radius 3 is 2.88 bits per heavy atom. The van der Waals surface area contributed by atoms with Crippen LogP contribution in [0.1, 0.15) is 16.1 Å². The van der Waals surface area contributed by atoms with Gasteiger partial charge in [0.1, 0.15) is 5.58 Å². The first-order valence-corrected chi connectivity index (χ1v) is 4.87. The number of carboxylic acids is 1. The van der Waals surface area contributed by atoms with Crippen LogP contribution in [0.15, 0.2) is 28.7 Å². The minimum atomic E-state index is -1.05. The Balaban J connectivity index is 2.55. The molecule has 0 radical (unpaired) electrons. The average molecular weight is 220 g/mol. The molecule has 0 bridgehead atoms. The number of benzene rings is 1. The van der Waals surface area contributed by atoms with E-state index in [2.05, 4.69) is 10.9 Å². The van der Waals surface area contributed by atoms with E-state index in [0.717, 1.165) is 5.39 Å². The van der Waals surface area contributed by atoms with Crippen LogP contribution in [0.4, 0.5) is 0 Å². The molecule has 0 aliphatic heterocycles. The first-order valence-electron chi connectivity index (χ1n) is 4.87. The molecule has 0 unspecified atom stereocenters. The maximum atomic E-state index is 11.0. The Morgan fingerprint density at radius 1 is 1.44 bits per heavy atom. The monoisotopic (exact) mass is 220 g/mol. The second-order valence-corrected chi connectivity index (χ2v) is 3.31. The van der Waals surface area contributed by atoms with Crippen molar-refractivity contribution < 1.29 is 14.3 Å². The van der Waals surface area contributed by atoms with Crippen molar-refractivity contribution in [2.45, 2.75) is 6.54 Å². The number of hydrogen-bond acceptors (Lipinski definition) is 4. The average Bonchev–Trinajstić information content (AvgIpc) is 2.65. The summed E-state index contributed by atoms with van der Waals surface area (Å²) in [6, 6.07) is 7.27. The van der Waals surface area contributed by atoms with E-state index in [1.165, 1.54) is 0 Å². The van der Waals surface area contributed by atoms with E-state index >= 15 is 0 Å². The van der Waals surface area contributed by atoms with Crippen molar-refractivity contribution in [2.24, 2.45) is 0 Å². The predicted octanol–water partition coefficient (Wildman–Crippen LogP) is 1.35. The Hall–Kier alpha value is -1.85. The molecule has 1 heterocycles. The lowest BCUT2D eigenvalue weighted by molar-refractivity contribution is 0.0663. The fourth-order valence-electron chi connectivity index (χ4n) is 1.62. The number of aromatic carboxylic acids is 1. The van der Waals surface area contributed by atoms with Crippen LogP contribution in [-0.2, 0) is 6.54 Å². The van der Waals surface area contributed by atoms with Gasteiger partial charge < -0.3 is 9.52 Å². The number of fused-ring (bicyclic) bond motifs is 1. The lowest BCUT2D eigenvalue weighted by Gasteiger charge is -2.01. The van der Waals surface area contributed by atoms with Crippen LogP contribution >= 0.6 is 0 Å². The van der Waals surface area contributed by atoms with Gasteiger partial charge in [-0.25, -0.2) is 4.79 Å². The molecule has 0 aliphatic rings. The van der Waals surface area contributed by atoms with Crippen LogP contribution in [-0.4, -0.2) is 18.1 Å². The van der Waals surface area contributed by atoms with Gasteiger partial charge in [-0.2, -0.15) is 0 Å². The van der Waals surface area contributed by atoms with E-state index in [0.29, 0.717) is 17.7 Å². The summed E-state index contributed by atoms with van der Waals surface area (Å²) in [7, 11) is 1.72. The van der Waals surface area contributed by atoms with Crippen molar-refractivity contribution in [1.29, 1.82) is 0 Å². The zero-order chi connectivity index (χ0) is 11.5. The SMILES string of the molecule is CNNCc1c(C(=O)O)oc2ccccc12. The Labute approximate surface area is 92.0 Å². The second kappa shape index (κ2) is 4.34. The summed E-state index contributed by atoms with van der Waals surface area (Å²) < 4.78 is 5.29. The zero-order valence-electron chi connectivity index (χ0n) is 8.78. The quantitative estimate of drug-likeness (QED) is 0.678. The van der Waals surface area contributed by atoms with Crippen LogP contribution in [0.3, 0.4) is 0 Å². The molecule has 5 heteroatoms. The van der Waals surface area contributed by atoms with E-state index in [1.807, 2.05) is 18.2 Å². The van der Waals surface area contributed by atoms with E-state index in [4.69, 9.17) is 9.52 Å². The molecular formula is C11H12N2O3. The van der Waals surface area contributed by atoms with Crippen molar-refractivity contribution in [3.05, 3.63) is 35.6 Å². The predicted molar refractivity (Wildman–Crippen MR) is 59.1 cm³/mol. The molecule has 0 atom stereocenters. The Morgan fingerprint density at radius 2 is 2.19 bits per heavy atom. The van der Waals surface area contributed by atoms with Gasteiger partial charge in [0.15, 0.2) is 0 Å².